The largest absolute Gasteiger partial charge is 0.397 e. The Morgan fingerprint density at radius 2 is 2.28 bits per heavy atom. The van der Waals surface area contributed by atoms with Crippen LogP contribution < -0.4 is 11.1 Å². The fraction of sp³-hybridized carbons (Fsp3) is 0.308. The molecule has 0 saturated heterocycles. The van der Waals surface area contributed by atoms with Crippen LogP contribution in [0, 0.1) is 0 Å². The van der Waals surface area contributed by atoms with Crippen molar-refractivity contribution in [2.45, 2.75) is 26.3 Å². The first-order valence-corrected chi connectivity index (χ1v) is 7.06. The van der Waals surface area contributed by atoms with Crippen LogP contribution >= 0.6 is 22.9 Å². The third-order valence-electron chi connectivity index (χ3n) is 2.70. The predicted molar refractivity (Wildman–Crippen MR) is 79.4 cm³/mol. The lowest BCUT2D eigenvalue weighted by Crippen LogP contribution is -2.08. The smallest absolute Gasteiger partial charge is 0.115 e. The van der Waals surface area contributed by atoms with E-state index in [1.165, 1.54) is 4.88 Å². The zero-order valence-corrected chi connectivity index (χ0v) is 12.0. The van der Waals surface area contributed by atoms with Crippen LogP contribution in [0.3, 0.4) is 0 Å². The van der Waals surface area contributed by atoms with Crippen molar-refractivity contribution in [1.29, 1.82) is 0 Å². The fourth-order valence-corrected chi connectivity index (χ4v) is 2.75. The highest BCUT2D eigenvalue weighted by Gasteiger charge is 2.13. The average molecular weight is 282 g/mol. The maximum Gasteiger partial charge on any atom is 0.115 e. The molecule has 1 aromatic heterocycles. The molecule has 0 fully saturated rings. The van der Waals surface area contributed by atoms with Crippen molar-refractivity contribution in [3.63, 3.8) is 0 Å². The minimum absolute atomic E-state index is 0.0949. The normalized spacial score (nSPS) is 12.4. The van der Waals surface area contributed by atoms with Crippen molar-refractivity contribution < 1.29 is 0 Å². The van der Waals surface area contributed by atoms with Crippen molar-refractivity contribution in [3.05, 3.63) is 39.3 Å². The van der Waals surface area contributed by atoms with Gasteiger partial charge in [-0.05, 0) is 25.5 Å². The Morgan fingerprint density at radius 3 is 2.89 bits per heavy atom. The van der Waals surface area contributed by atoms with Gasteiger partial charge in [-0.15, -0.1) is 11.3 Å². The summed E-state index contributed by atoms with van der Waals surface area (Å²) >= 11 is 7.85. The second-order valence-electron chi connectivity index (χ2n) is 4.09. The van der Waals surface area contributed by atoms with Gasteiger partial charge in [0, 0.05) is 11.1 Å². The summed E-state index contributed by atoms with van der Waals surface area (Å²) in [4.78, 5) is 5.70. The van der Waals surface area contributed by atoms with Crippen LogP contribution in [0.5, 0.6) is 0 Å². The average Bonchev–Trinajstić information content (AvgIpc) is 2.82. The van der Waals surface area contributed by atoms with Gasteiger partial charge in [-0.25, -0.2) is 4.98 Å². The monoisotopic (exact) mass is 281 g/mol. The summed E-state index contributed by atoms with van der Waals surface area (Å²) in [5.74, 6) is 0. The summed E-state index contributed by atoms with van der Waals surface area (Å²) in [7, 11) is 0. The second kappa shape index (κ2) is 5.59. The maximum atomic E-state index is 6.13. The van der Waals surface area contributed by atoms with Crippen LogP contribution in [-0.2, 0) is 6.42 Å². The van der Waals surface area contributed by atoms with Gasteiger partial charge < -0.3 is 11.1 Å². The van der Waals surface area contributed by atoms with Crippen molar-refractivity contribution >= 4 is 34.3 Å². The molecule has 0 radical (unpaired) electrons. The Balaban J connectivity index is 2.18. The van der Waals surface area contributed by atoms with E-state index in [1.54, 1.807) is 11.3 Å². The topological polar surface area (TPSA) is 50.9 Å². The van der Waals surface area contributed by atoms with E-state index in [1.807, 2.05) is 24.4 Å². The minimum Gasteiger partial charge on any atom is -0.397 e. The molecule has 0 aliphatic rings. The van der Waals surface area contributed by atoms with Crippen LogP contribution in [0.1, 0.15) is 29.8 Å². The molecule has 5 heteroatoms. The summed E-state index contributed by atoms with van der Waals surface area (Å²) in [5.41, 5.74) is 7.35. The molecule has 0 aliphatic carbocycles. The molecule has 0 aliphatic heterocycles. The Kier molecular flexibility index (Phi) is 4.09. The lowest BCUT2D eigenvalue weighted by molar-refractivity contribution is 0.870. The number of hydrogen-bond donors (Lipinski definition) is 2. The van der Waals surface area contributed by atoms with E-state index >= 15 is 0 Å². The van der Waals surface area contributed by atoms with Gasteiger partial charge in [0.1, 0.15) is 5.01 Å². The maximum absolute atomic E-state index is 6.13. The number of aromatic nitrogens is 1. The number of para-hydroxylation sites is 1. The summed E-state index contributed by atoms with van der Waals surface area (Å²) in [5, 5.41) is 5.00. The zero-order chi connectivity index (χ0) is 13.1. The first-order valence-electron chi connectivity index (χ1n) is 5.87. The highest BCUT2D eigenvalue weighted by atomic mass is 35.5. The number of aryl methyl sites for hydroxylation is 1. The molecule has 2 aromatic rings. The number of nitrogens with two attached hydrogens (primary N) is 1. The lowest BCUT2D eigenvalue weighted by atomic mass is 10.2. The third kappa shape index (κ3) is 2.76. The summed E-state index contributed by atoms with van der Waals surface area (Å²) in [6, 6.07) is 5.59. The Bertz CT molecular complexity index is 519. The van der Waals surface area contributed by atoms with Gasteiger partial charge in [0.25, 0.3) is 0 Å². The van der Waals surface area contributed by atoms with Crippen molar-refractivity contribution in [2.75, 3.05) is 11.1 Å². The molecule has 18 heavy (non-hydrogen) atoms. The van der Waals surface area contributed by atoms with Crippen molar-refractivity contribution in [3.8, 4) is 0 Å². The molecular weight excluding hydrogens is 266 g/mol. The molecule has 0 saturated carbocycles. The van der Waals surface area contributed by atoms with Gasteiger partial charge in [0.2, 0.25) is 0 Å². The highest BCUT2D eigenvalue weighted by molar-refractivity contribution is 7.11. The van der Waals surface area contributed by atoms with E-state index in [-0.39, 0.29) is 6.04 Å². The first-order chi connectivity index (χ1) is 8.61. The number of anilines is 2. The summed E-state index contributed by atoms with van der Waals surface area (Å²) < 4.78 is 0. The fourth-order valence-electron chi connectivity index (χ4n) is 1.66. The number of nitrogens with zero attached hydrogens (tertiary/aromatic N) is 1. The first kappa shape index (κ1) is 13.2. The summed E-state index contributed by atoms with van der Waals surface area (Å²) in [6.07, 6.45) is 2.94. The molecule has 3 nitrogen and oxygen atoms in total. The molecule has 0 bridgehead atoms. The Hall–Kier alpha value is -1.26. The van der Waals surface area contributed by atoms with Crippen LogP contribution in [0.25, 0.3) is 0 Å². The SMILES string of the molecule is CCc1cnc(C(C)Nc2c(N)cccc2Cl)s1. The third-order valence-corrected chi connectivity index (χ3v) is 4.34. The van der Waals surface area contributed by atoms with Gasteiger partial charge in [0.05, 0.1) is 22.4 Å². The number of hydrogen-bond acceptors (Lipinski definition) is 4. The summed E-state index contributed by atoms with van der Waals surface area (Å²) in [6.45, 7) is 4.18. The quantitative estimate of drug-likeness (QED) is 0.829. The molecule has 1 atom stereocenters. The van der Waals surface area contributed by atoms with Gasteiger partial charge >= 0.3 is 0 Å². The minimum atomic E-state index is 0.0949. The van der Waals surface area contributed by atoms with Crippen LogP contribution in [0.2, 0.25) is 5.02 Å². The predicted octanol–water partition coefficient (Wildman–Crippen LogP) is 4.11. The number of halogens is 1. The number of nitrogen functional groups attached to an aromatic ring is 1. The van der Waals surface area contributed by atoms with Gasteiger partial charge in [-0.3, -0.25) is 0 Å². The lowest BCUT2D eigenvalue weighted by Gasteiger charge is -2.15. The van der Waals surface area contributed by atoms with Gasteiger partial charge in [0.15, 0.2) is 0 Å². The number of nitrogens with one attached hydrogen (secondary N) is 1. The van der Waals surface area contributed by atoms with Crippen LogP contribution in [-0.4, -0.2) is 4.98 Å². The molecule has 1 heterocycles. The van der Waals surface area contributed by atoms with Crippen molar-refractivity contribution in [2.24, 2.45) is 0 Å². The van der Waals surface area contributed by atoms with E-state index in [0.717, 1.165) is 17.1 Å². The standard InChI is InChI=1S/C13H16ClN3S/c1-3-9-7-16-13(18-9)8(2)17-12-10(14)5-4-6-11(12)15/h4-8,17H,3,15H2,1-2H3. The zero-order valence-electron chi connectivity index (χ0n) is 10.4. The molecule has 1 aromatic carbocycles. The van der Waals surface area contributed by atoms with Crippen LogP contribution in [0.4, 0.5) is 11.4 Å². The Morgan fingerprint density at radius 1 is 1.50 bits per heavy atom. The molecule has 3 N–H and O–H groups in total. The van der Waals surface area contributed by atoms with E-state index < -0.39 is 0 Å². The molecule has 1 unspecified atom stereocenters. The molecular formula is C13H16ClN3S. The van der Waals surface area contributed by atoms with E-state index in [2.05, 4.69) is 24.1 Å². The molecule has 0 spiro atoms. The van der Waals surface area contributed by atoms with Gasteiger partial charge in [-0.2, -0.15) is 0 Å². The number of rotatable bonds is 4. The van der Waals surface area contributed by atoms with Gasteiger partial charge in [-0.1, -0.05) is 24.6 Å². The van der Waals surface area contributed by atoms with E-state index in [0.29, 0.717) is 10.7 Å². The molecule has 2 rings (SSSR count). The van der Waals surface area contributed by atoms with Crippen LogP contribution in [0.15, 0.2) is 24.4 Å². The Labute approximate surface area is 116 Å². The van der Waals surface area contributed by atoms with Crippen molar-refractivity contribution in [1.82, 2.24) is 4.98 Å². The number of thiazole rings is 1. The second-order valence-corrected chi connectivity index (χ2v) is 5.64. The molecule has 0 amide bonds. The van der Waals surface area contributed by atoms with E-state index in [4.69, 9.17) is 17.3 Å². The molecule has 96 valence electrons. The van der Waals surface area contributed by atoms with E-state index in [9.17, 15) is 0 Å². The number of benzene rings is 1. The highest BCUT2D eigenvalue weighted by Crippen LogP contribution is 2.32.